The summed E-state index contributed by atoms with van der Waals surface area (Å²) >= 11 is 0. The third kappa shape index (κ3) is 5.72. The van der Waals surface area contributed by atoms with Gasteiger partial charge in [-0.15, -0.1) is 0 Å². The number of carbonyl (C=O) groups excluding carboxylic acids is 1. The summed E-state index contributed by atoms with van der Waals surface area (Å²) < 4.78 is 4.93. The Morgan fingerprint density at radius 1 is 1.20 bits per heavy atom. The van der Waals surface area contributed by atoms with E-state index in [0.29, 0.717) is 18.7 Å². The Morgan fingerprint density at radius 3 is 2.60 bits per heavy atom. The molecule has 0 heterocycles. The Morgan fingerprint density at radius 2 is 1.95 bits per heavy atom. The fraction of sp³-hybridized carbons (Fsp3) is 0.562. The number of amides is 1. The zero-order chi connectivity index (χ0) is 15.0. The molecular weight excluding hydrogens is 252 g/mol. The molecule has 4 nitrogen and oxygen atoms in total. The van der Waals surface area contributed by atoms with Gasteiger partial charge >= 0.3 is 0 Å². The Balaban J connectivity index is 2.44. The molecule has 0 bridgehead atoms. The first-order valence-corrected chi connectivity index (χ1v) is 7.03. The van der Waals surface area contributed by atoms with Crippen molar-refractivity contribution in [1.82, 2.24) is 10.6 Å². The number of rotatable bonds is 7. The zero-order valence-corrected chi connectivity index (χ0v) is 13.0. The summed E-state index contributed by atoms with van der Waals surface area (Å²) in [5, 5.41) is 6.10. The van der Waals surface area contributed by atoms with Crippen molar-refractivity contribution in [2.75, 3.05) is 33.4 Å². The Kier molecular flexibility index (Phi) is 6.68. The first-order valence-electron chi connectivity index (χ1n) is 7.03. The number of carbonyl (C=O) groups is 1. The normalized spacial score (nSPS) is 11.4. The number of nitrogens with one attached hydrogen (secondary N) is 2. The van der Waals surface area contributed by atoms with Crippen molar-refractivity contribution in [2.24, 2.45) is 0 Å². The summed E-state index contributed by atoms with van der Waals surface area (Å²) in [6.07, 6.45) is 0. The van der Waals surface area contributed by atoms with Crippen LogP contribution in [0.25, 0.3) is 0 Å². The van der Waals surface area contributed by atoms with Gasteiger partial charge in [0.2, 0.25) is 0 Å². The van der Waals surface area contributed by atoms with E-state index in [1.807, 2.05) is 18.2 Å². The van der Waals surface area contributed by atoms with Crippen molar-refractivity contribution in [1.29, 1.82) is 0 Å². The predicted molar refractivity (Wildman–Crippen MR) is 82.2 cm³/mol. The van der Waals surface area contributed by atoms with E-state index in [4.69, 9.17) is 4.74 Å². The highest BCUT2D eigenvalue weighted by Gasteiger charge is 2.15. The summed E-state index contributed by atoms with van der Waals surface area (Å²) in [5.74, 6) is -0.0235. The van der Waals surface area contributed by atoms with Gasteiger partial charge in [0.15, 0.2) is 0 Å². The number of benzene rings is 1. The van der Waals surface area contributed by atoms with E-state index in [1.54, 1.807) is 7.11 Å². The van der Waals surface area contributed by atoms with E-state index >= 15 is 0 Å². The highest BCUT2D eigenvalue weighted by Crippen LogP contribution is 2.22. The molecule has 0 aliphatic rings. The van der Waals surface area contributed by atoms with Crippen LogP contribution in [0.1, 0.15) is 36.7 Å². The summed E-state index contributed by atoms with van der Waals surface area (Å²) in [7, 11) is 1.67. The molecule has 1 aromatic carbocycles. The second-order valence-corrected chi connectivity index (χ2v) is 5.83. The van der Waals surface area contributed by atoms with Crippen molar-refractivity contribution in [2.45, 2.75) is 26.2 Å². The van der Waals surface area contributed by atoms with Gasteiger partial charge in [-0.25, -0.2) is 0 Å². The van der Waals surface area contributed by atoms with E-state index in [-0.39, 0.29) is 11.3 Å². The van der Waals surface area contributed by atoms with Crippen LogP contribution in [0.5, 0.6) is 0 Å². The minimum atomic E-state index is -0.0235. The van der Waals surface area contributed by atoms with Crippen LogP contribution in [-0.4, -0.2) is 39.3 Å². The van der Waals surface area contributed by atoms with Crippen LogP contribution in [0.4, 0.5) is 0 Å². The predicted octanol–water partition coefficient (Wildman–Crippen LogP) is 1.95. The lowest BCUT2D eigenvalue weighted by Gasteiger charge is -2.19. The van der Waals surface area contributed by atoms with Gasteiger partial charge in [-0.2, -0.15) is 0 Å². The highest BCUT2D eigenvalue weighted by atomic mass is 16.5. The molecular formula is C16H26N2O2. The molecule has 1 amide bonds. The Labute approximate surface area is 121 Å². The van der Waals surface area contributed by atoms with Crippen LogP contribution in [0.15, 0.2) is 24.3 Å². The fourth-order valence-electron chi connectivity index (χ4n) is 1.79. The van der Waals surface area contributed by atoms with Crippen molar-refractivity contribution >= 4 is 5.91 Å². The van der Waals surface area contributed by atoms with Crippen LogP contribution < -0.4 is 10.6 Å². The summed E-state index contributed by atoms with van der Waals surface area (Å²) in [6, 6.07) is 7.81. The SMILES string of the molecule is COCCNCCNC(=O)c1cccc(C(C)(C)C)c1. The lowest BCUT2D eigenvalue weighted by molar-refractivity contribution is 0.0953. The molecule has 0 spiro atoms. The van der Waals surface area contributed by atoms with Gasteiger partial charge in [-0.1, -0.05) is 32.9 Å². The third-order valence-corrected chi connectivity index (χ3v) is 3.06. The average molecular weight is 278 g/mol. The monoisotopic (exact) mass is 278 g/mol. The maximum atomic E-state index is 12.0. The van der Waals surface area contributed by atoms with Gasteiger partial charge in [0.25, 0.3) is 5.91 Å². The van der Waals surface area contributed by atoms with Gasteiger partial charge < -0.3 is 15.4 Å². The molecule has 0 radical (unpaired) electrons. The lowest BCUT2D eigenvalue weighted by atomic mass is 9.86. The van der Waals surface area contributed by atoms with Gasteiger partial charge in [0.05, 0.1) is 6.61 Å². The van der Waals surface area contributed by atoms with Crippen molar-refractivity contribution in [3.63, 3.8) is 0 Å². The molecule has 2 N–H and O–H groups in total. The van der Waals surface area contributed by atoms with Crippen molar-refractivity contribution < 1.29 is 9.53 Å². The number of ether oxygens (including phenoxy) is 1. The van der Waals surface area contributed by atoms with Crippen LogP contribution in [0.3, 0.4) is 0 Å². The first kappa shape index (κ1) is 16.7. The quantitative estimate of drug-likeness (QED) is 0.750. The van der Waals surface area contributed by atoms with E-state index in [9.17, 15) is 4.79 Å². The van der Waals surface area contributed by atoms with Crippen molar-refractivity contribution in [3.8, 4) is 0 Å². The molecule has 1 aromatic rings. The topological polar surface area (TPSA) is 50.4 Å². The first-order chi connectivity index (χ1) is 9.45. The average Bonchev–Trinajstić information content (AvgIpc) is 2.41. The van der Waals surface area contributed by atoms with Crippen LogP contribution in [-0.2, 0) is 10.2 Å². The van der Waals surface area contributed by atoms with E-state index in [1.165, 1.54) is 5.56 Å². The number of methoxy groups -OCH3 is 1. The van der Waals surface area contributed by atoms with E-state index < -0.39 is 0 Å². The molecule has 20 heavy (non-hydrogen) atoms. The second kappa shape index (κ2) is 8.02. The van der Waals surface area contributed by atoms with Gasteiger partial charge in [-0.3, -0.25) is 4.79 Å². The Hall–Kier alpha value is -1.39. The third-order valence-electron chi connectivity index (χ3n) is 3.06. The molecule has 0 unspecified atom stereocenters. The molecule has 0 aliphatic heterocycles. The molecule has 0 fully saturated rings. The second-order valence-electron chi connectivity index (χ2n) is 5.83. The van der Waals surface area contributed by atoms with E-state index in [2.05, 4.69) is 37.5 Å². The zero-order valence-electron chi connectivity index (χ0n) is 13.0. The van der Waals surface area contributed by atoms with Gasteiger partial charge in [0, 0.05) is 32.3 Å². The lowest BCUT2D eigenvalue weighted by Crippen LogP contribution is -2.33. The maximum absolute atomic E-state index is 12.0. The molecule has 112 valence electrons. The largest absolute Gasteiger partial charge is 0.383 e. The minimum absolute atomic E-state index is 0.0235. The summed E-state index contributed by atoms with van der Waals surface area (Å²) in [6.45, 7) is 9.26. The Bertz CT molecular complexity index is 425. The van der Waals surface area contributed by atoms with Gasteiger partial charge in [-0.05, 0) is 23.1 Å². The summed E-state index contributed by atoms with van der Waals surface area (Å²) in [5.41, 5.74) is 1.94. The fourth-order valence-corrected chi connectivity index (χ4v) is 1.79. The molecule has 0 saturated heterocycles. The maximum Gasteiger partial charge on any atom is 0.251 e. The molecule has 4 heteroatoms. The van der Waals surface area contributed by atoms with E-state index in [0.717, 1.165) is 13.1 Å². The molecule has 0 aromatic heterocycles. The minimum Gasteiger partial charge on any atom is -0.383 e. The molecule has 1 rings (SSSR count). The van der Waals surface area contributed by atoms with Crippen LogP contribution >= 0.6 is 0 Å². The van der Waals surface area contributed by atoms with Crippen molar-refractivity contribution in [3.05, 3.63) is 35.4 Å². The summed E-state index contributed by atoms with van der Waals surface area (Å²) in [4.78, 5) is 12.0. The van der Waals surface area contributed by atoms with Crippen LogP contribution in [0, 0.1) is 0 Å². The standard InChI is InChI=1S/C16H26N2O2/c1-16(2,3)14-7-5-6-13(12-14)15(19)18-9-8-17-10-11-20-4/h5-7,12,17H,8-11H2,1-4H3,(H,18,19). The number of hydrogen-bond acceptors (Lipinski definition) is 3. The highest BCUT2D eigenvalue weighted by molar-refractivity contribution is 5.94. The number of hydrogen-bond donors (Lipinski definition) is 2. The molecule has 0 saturated carbocycles. The van der Waals surface area contributed by atoms with Crippen LogP contribution in [0.2, 0.25) is 0 Å². The molecule has 0 aliphatic carbocycles. The molecule has 0 atom stereocenters. The smallest absolute Gasteiger partial charge is 0.251 e. The van der Waals surface area contributed by atoms with Gasteiger partial charge in [0.1, 0.15) is 0 Å².